The van der Waals surface area contributed by atoms with Crippen LogP contribution in [0, 0.1) is 0 Å². The second kappa shape index (κ2) is 7.25. The smallest absolute Gasteiger partial charge is 0.351 e. The summed E-state index contributed by atoms with van der Waals surface area (Å²) in [6, 6.07) is 0. The van der Waals surface area contributed by atoms with Crippen LogP contribution in [0.3, 0.4) is 0 Å². The van der Waals surface area contributed by atoms with Crippen LogP contribution in [0.15, 0.2) is 11.0 Å². The Kier molecular flexibility index (Phi) is 5.63. The summed E-state index contributed by atoms with van der Waals surface area (Å²) in [5.74, 6) is -3.04. The molecule has 2 aliphatic heterocycles. The summed E-state index contributed by atoms with van der Waals surface area (Å²) in [4.78, 5) is 15.4. The lowest BCUT2D eigenvalue weighted by Gasteiger charge is -2.41. The molecule has 1 aromatic rings. The first-order chi connectivity index (χ1) is 12.5. The number of aromatic nitrogens is 2. The highest BCUT2D eigenvalue weighted by Gasteiger charge is 2.67. The summed E-state index contributed by atoms with van der Waals surface area (Å²) in [7, 11) is 0. The van der Waals surface area contributed by atoms with Gasteiger partial charge >= 0.3 is 5.69 Å². The zero-order valence-corrected chi connectivity index (χ0v) is 16.5. The van der Waals surface area contributed by atoms with Crippen LogP contribution in [0.25, 0.3) is 0 Å². The largest absolute Gasteiger partial charge is 0.382 e. The number of nitrogens with zero attached hydrogens (tertiary/aromatic N) is 2. The van der Waals surface area contributed by atoms with Crippen LogP contribution >= 0.6 is 18.1 Å². The number of nitrogens with two attached hydrogens (primary N) is 1. The second-order valence-corrected chi connectivity index (χ2v) is 10.2. The van der Waals surface area contributed by atoms with E-state index in [0.717, 1.165) is 6.20 Å². The average Bonchev–Trinajstić information content (AvgIpc) is 2.84. The Morgan fingerprint density at radius 2 is 2.22 bits per heavy atom. The van der Waals surface area contributed by atoms with Gasteiger partial charge in [0.15, 0.2) is 18.5 Å². The minimum atomic E-state index is -3.29. The van der Waals surface area contributed by atoms with Crippen molar-refractivity contribution < 1.29 is 31.7 Å². The molecule has 3 rings (SSSR count). The number of halogens is 4. The van der Waals surface area contributed by atoms with E-state index in [1.165, 1.54) is 0 Å². The van der Waals surface area contributed by atoms with E-state index in [9.17, 15) is 13.6 Å². The molecule has 0 amide bonds. The number of alkyl halides is 3. The van der Waals surface area contributed by atoms with Crippen LogP contribution in [0.2, 0.25) is 5.02 Å². The highest BCUT2D eigenvalue weighted by molar-refractivity contribution is 8.09. The fourth-order valence-corrected chi connectivity index (χ4v) is 5.67. The third kappa shape index (κ3) is 3.64. The average molecular weight is 450 g/mol. The second-order valence-electron chi connectivity index (χ2n) is 6.20. The predicted molar refractivity (Wildman–Crippen MR) is 93.0 cm³/mol. The zero-order chi connectivity index (χ0) is 20.1. The molecular weight excluding hydrogens is 434 g/mol. The number of anilines is 1. The minimum Gasteiger partial charge on any atom is -0.382 e. The maximum absolute atomic E-state index is 15.1. The number of hydrogen-bond acceptors (Lipinski definition) is 8. The third-order valence-corrected chi connectivity index (χ3v) is 6.73. The van der Waals surface area contributed by atoms with Crippen LogP contribution in [-0.4, -0.2) is 46.5 Å². The Bertz CT molecular complexity index is 846. The van der Waals surface area contributed by atoms with Crippen LogP contribution in [-0.2, 0) is 30.3 Å². The maximum Gasteiger partial charge on any atom is 0.351 e. The molecule has 2 N–H and O–H groups in total. The van der Waals surface area contributed by atoms with E-state index < -0.39 is 55.3 Å². The molecular formula is C13H16ClF3N3O5PS. The van der Waals surface area contributed by atoms with Gasteiger partial charge in [-0.2, -0.15) is 4.98 Å². The van der Waals surface area contributed by atoms with E-state index in [2.05, 4.69) is 4.98 Å². The van der Waals surface area contributed by atoms with E-state index in [4.69, 9.17) is 47.7 Å². The number of hydrogen-bond donors (Lipinski definition) is 1. The molecule has 152 valence electrons. The summed E-state index contributed by atoms with van der Waals surface area (Å²) in [6.45, 7) is 0.125. The van der Waals surface area contributed by atoms with Crippen molar-refractivity contribution in [1.82, 2.24) is 9.55 Å². The molecule has 1 aromatic heterocycles. The Balaban J connectivity index is 2.00. The van der Waals surface area contributed by atoms with E-state index in [1.807, 2.05) is 0 Å². The molecule has 5 atom stereocenters. The first-order valence-corrected chi connectivity index (χ1v) is 10.9. The summed E-state index contributed by atoms with van der Waals surface area (Å²) in [6.07, 6.45) is -9.22. The van der Waals surface area contributed by atoms with Gasteiger partial charge in [0.05, 0.1) is 11.1 Å². The zero-order valence-electron chi connectivity index (χ0n) is 14.1. The van der Waals surface area contributed by atoms with Gasteiger partial charge < -0.3 is 24.3 Å². The van der Waals surface area contributed by atoms with Crippen LogP contribution in [0.1, 0.15) is 20.1 Å². The minimum absolute atomic E-state index is 0.179. The first-order valence-electron chi connectivity index (χ1n) is 7.73. The van der Waals surface area contributed by atoms with E-state index in [0.29, 0.717) is 4.57 Å². The number of fused-ring (bicyclic) bond motifs is 1. The van der Waals surface area contributed by atoms with Gasteiger partial charge in [-0.15, -0.1) is 0 Å². The Labute approximate surface area is 161 Å². The monoisotopic (exact) mass is 449 g/mol. The number of nitrogen functional groups attached to an aromatic ring is 1. The molecule has 0 aliphatic carbocycles. The molecule has 1 unspecified atom stereocenters. The highest BCUT2D eigenvalue weighted by atomic mass is 35.5. The van der Waals surface area contributed by atoms with Gasteiger partial charge in [-0.25, -0.2) is 18.0 Å². The molecule has 8 nitrogen and oxygen atoms in total. The van der Waals surface area contributed by atoms with Crippen molar-refractivity contribution in [1.29, 1.82) is 0 Å². The molecule has 0 aromatic carbocycles. The van der Waals surface area contributed by atoms with Gasteiger partial charge in [0.25, 0.3) is 12.2 Å². The summed E-state index contributed by atoms with van der Waals surface area (Å²) < 4.78 is 64.5. The summed E-state index contributed by atoms with van der Waals surface area (Å²) in [5.41, 5.74) is 4.37. The van der Waals surface area contributed by atoms with Gasteiger partial charge in [0.2, 0.25) is 6.49 Å². The molecule has 2 saturated heterocycles. The highest BCUT2D eigenvalue weighted by Crippen LogP contribution is 2.61. The molecule has 0 radical (unpaired) electrons. The van der Waals surface area contributed by atoms with Crippen molar-refractivity contribution in [3.63, 3.8) is 0 Å². The fraction of sp³-hybridized carbons (Fsp3) is 0.692. The Hall–Kier alpha value is -0.750. The third-order valence-electron chi connectivity index (χ3n) is 3.87. The molecule has 3 heterocycles. The SMILES string of the molecule is CC(C)OP1(=S)CO[C@@]2(C(F)F)O[C@@H](n3cc(Cl)c(N)nc3=O)[C@H](F)[C@@H]2O1. The van der Waals surface area contributed by atoms with Crippen molar-refractivity contribution in [3.05, 3.63) is 21.7 Å². The van der Waals surface area contributed by atoms with Gasteiger partial charge in [0.1, 0.15) is 12.2 Å². The fourth-order valence-electron chi connectivity index (χ4n) is 2.79. The quantitative estimate of drug-likeness (QED) is 0.700. The van der Waals surface area contributed by atoms with Crippen molar-refractivity contribution in [2.75, 3.05) is 12.1 Å². The topological polar surface area (TPSA) is 97.8 Å². The van der Waals surface area contributed by atoms with E-state index in [1.54, 1.807) is 13.8 Å². The van der Waals surface area contributed by atoms with E-state index in [-0.39, 0.29) is 10.8 Å². The van der Waals surface area contributed by atoms with Crippen LogP contribution in [0.5, 0.6) is 0 Å². The molecule has 0 bridgehead atoms. The standard InChI is InChI=1S/C13H16ClF3N3O5PS/c1-5(2)24-26(27)4-22-13(11(16)17)8(25-26)7(15)10(23-13)20-3-6(14)9(18)19-12(20)21/h3,5,7-8,10-11H,4H2,1-2H3,(H2,18,19,21)/t7-,8+,10-,13-,26?/m1/s1. The lowest BCUT2D eigenvalue weighted by Crippen LogP contribution is -2.54. The molecule has 2 fully saturated rings. The molecule has 27 heavy (non-hydrogen) atoms. The first kappa shape index (κ1) is 21.0. The van der Waals surface area contributed by atoms with Gasteiger partial charge in [-0.3, -0.25) is 4.57 Å². The summed E-state index contributed by atoms with van der Waals surface area (Å²) in [5, 5.41) is -0.179. The molecule has 14 heteroatoms. The van der Waals surface area contributed by atoms with Crippen molar-refractivity contribution in [2.45, 2.75) is 50.7 Å². The maximum atomic E-state index is 15.1. The Morgan fingerprint density at radius 3 is 2.81 bits per heavy atom. The van der Waals surface area contributed by atoms with Crippen molar-refractivity contribution in [2.24, 2.45) is 0 Å². The molecule has 0 saturated carbocycles. The lowest BCUT2D eigenvalue weighted by molar-refractivity contribution is -0.318. The molecule has 0 spiro atoms. The Morgan fingerprint density at radius 1 is 1.56 bits per heavy atom. The normalized spacial score (nSPS) is 36.4. The number of rotatable bonds is 4. The van der Waals surface area contributed by atoms with Gasteiger partial charge in [0, 0.05) is 6.20 Å². The van der Waals surface area contributed by atoms with Crippen molar-refractivity contribution >= 4 is 35.7 Å². The number of ether oxygens (including phenoxy) is 2. The summed E-state index contributed by atoms with van der Waals surface area (Å²) >= 11 is 11.0. The van der Waals surface area contributed by atoms with Crippen LogP contribution in [0.4, 0.5) is 19.0 Å². The predicted octanol–water partition coefficient (Wildman–Crippen LogP) is 2.41. The lowest BCUT2D eigenvalue weighted by atomic mass is 10.1. The molecule has 2 aliphatic rings. The van der Waals surface area contributed by atoms with Gasteiger partial charge in [-0.1, -0.05) is 11.6 Å². The van der Waals surface area contributed by atoms with Crippen LogP contribution < -0.4 is 11.4 Å². The van der Waals surface area contributed by atoms with Gasteiger partial charge in [-0.05, 0) is 25.7 Å². The van der Waals surface area contributed by atoms with Crippen molar-refractivity contribution in [3.8, 4) is 0 Å². The van der Waals surface area contributed by atoms with E-state index >= 15 is 4.39 Å².